The molecule has 0 unspecified atom stereocenters. The Morgan fingerprint density at radius 2 is 1.71 bits per heavy atom. The van der Waals surface area contributed by atoms with E-state index in [0.29, 0.717) is 28.4 Å². The number of hydrogen-bond donors (Lipinski definition) is 1. The van der Waals surface area contributed by atoms with E-state index < -0.39 is 0 Å². The monoisotopic (exact) mass is 453 g/mol. The standard InChI is InChI=1S/C29H28FN3O/c1-19-13-29(14-19)15-23(16-29)32-28(34)24-11-12-26(30)25-17-31-33(27(24)25)18-20-7-9-22(10-8-20)21-5-3-2-4-6-21/h2-12,17,19,23H,13-16,18H2,1H3,(H,32,34). The van der Waals surface area contributed by atoms with Crippen LogP contribution in [-0.2, 0) is 6.54 Å². The molecule has 5 heteroatoms. The Bertz CT molecular complexity index is 1350. The first-order chi connectivity index (χ1) is 16.5. The molecule has 172 valence electrons. The molecular formula is C29H28FN3O. The maximum Gasteiger partial charge on any atom is 0.253 e. The predicted octanol–water partition coefficient (Wildman–Crippen LogP) is 6.20. The minimum atomic E-state index is -0.358. The van der Waals surface area contributed by atoms with Crippen molar-refractivity contribution in [2.75, 3.05) is 0 Å². The number of rotatable bonds is 5. The van der Waals surface area contributed by atoms with Gasteiger partial charge in [-0.1, -0.05) is 61.5 Å². The zero-order chi connectivity index (χ0) is 23.3. The Balaban J connectivity index is 1.23. The summed E-state index contributed by atoms with van der Waals surface area (Å²) in [6, 6.07) is 21.7. The van der Waals surface area contributed by atoms with Gasteiger partial charge >= 0.3 is 0 Å². The van der Waals surface area contributed by atoms with Gasteiger partial charge in [-0.3, -0.25) is 9.48 Å². The maximum atomic E-state index is 14.6. The second-order valence-corrected chi connectivity index (χ2v) is 10.3. The van der Waals surface area contributed by atoms with Gasteiger partial charge in [0.15, 0.2) is 0 Å². The molecule has 0 bridgehead atoms. The molecule has 6 rings (SSSR count). The molecule has 1 spiro atoms. The first-order valence-electron chi connectivity index (χ1n) is 12.1. The van der Waals surface area contributed by atoms with Gasteiger partial charge in [0.25, 0.3) is 5.91 Å². The molecule has 1 N–H and O–H groups in total. The highest BCUT2D eigenvalue weighted by Gasteiger charge is 2.51. The number of fused-ring (bicyclic) bond motifs is 1. The van der Waals surface area contributed by atoms with Gasteiger partial charge in [0, 0.05) is 6.04 Å². The number of nitrogens with zero attached hydrogens (tertiary/aromatic N) is 2. The molecule has 3 aromatic carbocycles. The largest absolute Gasteiger partial charge is 0.349 e. The van der Waals surface area contributed by atoms with E-state index in [9.17, 15) is 9.18 Å². The fourth-order valence-corrected chi connectivity index (χ4v) is 6.18. The van der Waals surface area contributed by atoms with Crippen LogP contribution in [0.3, 0.4) is 0 Å². The lowest BCUT2D eigenvalue weighted by Gasteiger charge is -2.57. The van der Waals surface area contributed by atoms with Crippen LogP contribution in [0.2, 0.25) is 0 Å². The Morgan fingerprint density at radius 1 is 1.00 bits per heavy atom. The van der Waals surface area contributed by atoms with Crippen molar-refractivity contribution in [2.45, 2.75) is 45.2 Å². The van der Waals surface area contributed by atoms with Crippen LogP contribution in [0.5, 0.6) is 0 Å². The summed E-state index contributed by atoms with van der Waals surface area (Å²) >= 11 is 0. The summed E-state index contributed by atoms with van der Waals surface area (Å²) in [6.07, 6.45) is 6.18. The molecule has 1 aromatic heterocycles. The lowest BCUT2D eigenvalue weighted by Crippen LogP contribution is -2.55. The average Bonchev–Trinajstić information content (AvgIpc) is 3.22. The molecule has 1 amide bonds. The van der Waals surface area contributed by atoms with E-state index in [2.05, 4.69) is 53.7 Å². The normalized spacial score (nSPS) is 23.5. The van der Waals surface area contributed by atoms with Gasteiger partial charge in [0.2, 0.25) is 0 Å². The van der Waals surface area contributed by atoms with Gasteiger partial charge in [-0.15, -0.1) is 0 Å². The minimum Gasteiger partial charge on any atom is -0.349 e. The van der Waals surface area contributed by atoms with Crippen LogP contribution in [0.15, 0.2) is 72.9 Å². The molecule has 2 aliphatic rings. The number of halogens is 1. The second-order valence-electron chi connectivity index (χ2n) is 10.3. The summed E-state index contributed by atoms with van der Waals surface area (Å²) in [4.78, 5) is 13.2. The Hall–Kier alpha value is -3.47. The van der Waals surface area contributed by atoms with Gasteiger partial charge in [-0.05, 0) is 65.8 Å². The summed E-state index contributed by atoms with van der Waals surface area (Å²) in [6.45, 7) is 2.76. The SMILES string of the molecule is CC1CC2(C1)CC(NC(=O)c1ccc(F)c3cnn(Cc4ccc(-c5ccccc5)cc4)c13)C2. The fourth-order valence-electron chi connectivity index (χ4n) is 6.18. The molecular weight excluding hydrogens is 425 g/mol. The molecule has 0 aliphatic heterocycles. The molecule has 2 fully saturated rings. The zero-order valence-electron chi connectivity index (χ0n) is 19.3. The summed E-state index contributed by atoms with van der Waals surface area (Å²) in [7, 11) is 0. The van der Waals surface area contributed by atoms with Crippen LogP contribution in [0.25, 0.3) is 22.0 Å². The van der Waals surface area contributed by atoms with E-state index in [0.717, 1.165) is 35.4 Å². The topological polar surface area (TPSA) is 46.9 Å². The summed E-state index contributed by atoms with van der Waals surface area (Å²) in [5.74, 6) is 0.311. The third-order valence-electron chi connectivity index (χ3n) is 7.64. The number of hydrogen-bond acceptors (Lipinski definition) is 2. The number of carbonyl (C=O) groups excluding carboxylic acids is 1. The van der Waals surface area contributed by atoms with Crippen LogP contribution < -0.4 is 5.32 Å². The number of aromatic nitrogens is 2. The van der Waals surface area contributed by atoms with Crippen molar-refractivity contribution >= 4 is 16.8 Å². The molecule has 34 heavy (non-hydrogen) atoms. The quantitative estimate of drug-likeness (QED) is 0.391. The van der Waals surface area contributed by atoms with Crippen molar-refractivity contribution < 1.29 is 9.18 Å². The number of amides is 1. The van der Waals surface area contributed by atoms with Crippen molar-refractivity contribution in [1.29, 1.82) is 0 Å². The summed E-state index contributed by atoms with van der Waals surface area (Å²) in [5, 5.41) is 8.01. The fraction of sp³-hybridized carbons (Fsp3) is 0.310. The lowest BCUT2D eigenvalue weighted by atomic mass is 9.50. The smallest absolute Gasteiger partial charge is 0.253 e. The van der Waals surface area contributed by atoms with Gasteiger partial charge in [0.1, 0.15) is 5.82 Å². The maximum absolute atomic E-state index is 14.6. The van der Waals surface area contributed by atoms with Crippen molar-refractivity contribution in [3.8, 4) is 11.1 Å². The van der Waals surface area contributed by atoms with Crippen LogP contribution in [0, 0.1) is 17.2 Å². The van der Waals surface area contributed by atoms with Crippen LogP contribution in [0.1, 0.15) is 48.5 Å². The van der Waals surface area contributed by atoms with Gasteiger partial charge in [0.05, 0.1) is 29.2 Å². The Kier molecular flexibility index (Phi) is 5.01. The first kappa shape index (κ1) is 21.1. The van der Waals surface area contributed by atoms with E-state index in [1.54, 1.807) is 10.7 Å². The third kappa shape index (κ3) is 3.69. The van der Waals surface area contributed by atoms with E-state index in [1.165, 1.54) is 25.1 Å². The Morgan fingerprint density at radius 3 is 2.41 bits per heavy atom. The van der Waals surface area contributed by atoms with Gasteiger partial charge < -0.3 is 5.32 Å². The predicted molar refractivity (Wildman–Crippen MR) is 132 cm³/mol. The number of nitrogens with one attached hydrogen (secondary N) is 1. The number of benzene rings is 3. The van der Waals surface area contributed by atoms with Crippen molar-refractivity contribution in [2.24, 2.45) is 11.3 Å². The first-order valence-corrected chi connectivity index (χ1v) is 12.1. The van der Waals surface area contributed by atoms with E-state index in [4.69, 9.17) is 0 Å². The average molecular weight is 454 g/mol. The van der Waals surface area contributed by atoms with E-state index in [1.807, 2.05) is 18.2 Å². The minimum absolute atomic E-state index is 0.140. The highest BCUT2D eigenvalue weighted by atomic mass is 19.1. The zero-order valence-corrected chi connectivity index (χ0v) is 19.3. The van der Waals surface area contributed by atoms with Crippen LogP contribution in [-0.4, -0.2) is 21.7 Å². The van der Waals surface area contributed by atoms with Gasteiger partial charge in [-0.2, -0.15) is 5.10 Å². The van der Waals surface area contributed by atoms with Crippen LogP contribution >= 0.6 is 0 Å². The number of carbonyl (C=O) groups is 1. The molecule has 0 saturated heterocycles. The Labute approximate surface area is 198 Å². The lowest BCUT2D eigenvalue weighted by molar-refractivity contribution is -0.0399. The highest BCUT2D eigenvalue weighted by molar-refractivity contribution is 6.06. The van der Waals surface area contributed by atoms with Crippen molar-refractivity contribution in [1.82, 2.24) is 15.1 Å². The molecule has 4 nitrogen and oxygen atoms in total. The van der Waals surface area contributed by atoms with Crippen molar-refractivity contribution in [3.63, 3.8) is 0 Å². The molecule has 4 aromatic rings. The molecule has 2 saturated carbocycles. The summed E-state index contributed by atoms with van der Waals surface area (Å²) < 4.78 is 16.3. The third-order valence-corrected chi connectivity index (χ3v) is 7.64. The second kappa shape index (κ2) is 8.08. The molecule has 2 aliphatic carbocycles. The molecule has 0 atom stereocenters. The highest BCUT2D eigenvalue weighted by Crippen LogP contribution is 2.58. The van der Waals surface area contributed by atoms with Gasteiger partial charge in [-0.25, -0.2) is 4.39 Å². The molecule has 0 radical (unpaired) electrons. The van der Waals surface area contributed by atoms with E-state index >= 15 is 0 Å². The molecule has 1 heterocycles. The van der Waals surface area contributed by atoms with E-state index in [-0.39, 0.29) is 17.8 Å². The summed E-state index contributed by atoms with van der Waals surface area (Å²) in [5.41, 5.74) is 4.84. The van der Waals surface area contributed by atoms with Crippen LogP contribution in [0.4, 0.5) is 4.39 Å². The van der Waals surface area contributed by atoms with Crippen molar-refractivity contribution in [3.05, 3.63) is 89.9 Å².